The molecule has 1 aromatic carbocycles. The summed E-state index contributed by atoms with van der Waals surface area (Å²) >= 11 is 6.38. The van der Waals surface area contributed by atoms with Gasteiger partial charge in [-0.2, -0.15) is 0 Å². The van der Waals surface area contributed by atoms with Gasteiger partial charge in [0.1, 0.15) is 0 Å². The van der Waals surface area contributed by atoms with Gasteiger partial charge in [-0.1, -0.05) is 30.7 Å². The monoisotopic (exact) mass is 295 g/mol. The Labute approximate surface area is 127 Å². The highest BCUT2D eigenvalue weighted by molar-refractivity contribution is 6.31. The number of benzene rings is 1. The Kier molecular flexibility index (Phi) is 5.88. The molecule has 0 bridgehead atoms. The lowest BCUT2D eigenvalue weighted by atomic mass is 9.97. The lowest BCUT2D eigenvalue weighted by Crippen LogP contribution is -2.44. The van der Waals surface area contributed by atoms with Gasteiger partial charge in [-0.25, -0.2) is 0 Å². The smallest absolute Gasteiger partial charge is 0.0755 e. The highest BCUT2D eigenvalue weighted by Gasteiger charge is 2.36. The number of ether oxygens (including phenoxy) is 1. The predicted molar refractivity (Wildman–Crippen MR) is 85.5 cm³/mol. The van der Waals surface area contributed by atoms with Gasteiger partial charge in [0.15, 0.2) is 0 Å². The molecule has 2 nitrogen and oxygen atoms in total. The standard InChI is InChI=1S/C17H26ClNO/c1-4-9-19-16(17(20-3)13-7-8-13)11-14-6-5-12(2)10-15(14)18/h5-6,10,13,16-17,19H,4,7-9,11H2,1-3H3. The average molecular weight is 296 g/mol. The van der Waals surface area contributed by atoms with Crippen LogP contribution in [0.25, 0.3) is 0 Å². The number of hydrogen-bond donors (Lipinski definition) is 1. The van der Waals surface area contributed by atoms with Crippen molar-refractivity contribution >= 4 is 11.6 Å². The molecule has 0 aliphatic heterocycles. The maximum Gasteiger partial charge on any atom is 0.0755 e. The molecule has 112 valence electrons. The summed E-state index contributed by atoms with van der Waals surface area (Å²) in [5.41, 5.74) is 2.43. The Morgan fingerprint density at radius 1 is 1.40 bits per heavy atom. The molecule has 1 aliphatic carbocycles. The maximum absolute atomic E-state index is 6.38. The van der Waals surface area contributed by atoms with E-state index >= 15 is 0 Å². The molecule has 2 atom stereocenters. The van der Waals surface area contributed by atoms with Crippen molar-refractivity contribution in [3.05, 3.63) is 34.3 Å². The van der Waals surface area contributed by atoms with E-state index in [2.05, 4.69) is 31.3 Å². The fraction of sp³-hybridized carbons (Fsp3) is 0.647. The minimum atomic E-state index is 0.305. The van der Waals surface area contributed by atoms with Gasteiger partial charge in [0.25, 0.3) is 0 Å². The Hall–Kier alpha value is -0.570. The normalized spacial score (nSPS) is 18.0. The SMILES string of the molecule is CCCNC(Cc1ccc(C)cc1Cl)C(OC)C1CC1. The van der Waals surface area contributed by atoms with Crippen LogP contribution < -0.4 is 5.32 Å². The summed E-state index contributed by atoms with van der Waals surface area (Å²) in [6.45, 7) is 5.30. The number of nitrogens with one attached hydrogen (secondary N) is 1. The predicted octanol–water partition coefficient (Wildman–Crippen LogP) is 3.98. The Bertz CT molecular complexity index is 431. The van der Waals surface area contributed by atoms with E-state index in [0.717, 1.165) is 30.3 Å². The summed E-state index contributed by atoms with van der Waals surface area (Å²) in [4.78, 5) is 0. The van der Waals surface area contributed by atoms with Crippen molar-refractivity contribution in [2.24, 2.45) is 5.92 Å². The van der Waals surface area contributed by atoms with E-state index in [1.807, 2.05) is 13.2 Å². The minimum Gasteiger partial charge on any atom is -0.380 e. The maximum atomic E-state index is 6.38. The van der Waals surface area contributed by atoms with E-state index in [1.165, 1.54) is 24.0 Å². The van der Waals surface area contributed by atoms with Gasteiger partial charge in [-0.15, -0.1) is 0 Å². The van der Waals surface area contributed by atoms with Crippen LogP contribution in [-0.2, 0) is 11.2 Å². The van der Waals surface area contributed by atoms with Gasteiger partial charge in [0.2, 0.25) is 0 Å². The molecule has 0 aromatic heterocycles. The quantitative estimate of drug-likeness (QED) is 0.783. The number of aryl methyl sites for hydroxylation is 1. The molecule has 3 heteroatoms. The molecule has 0 heterocycles. The molecule has 2 rings (SSSR count). The minimum absolute atomic E-state index is 0.305. The molecule has 0 spiro atoms. The van der Waals surface area contributed by atoms with Crippen LogP contribution in [0.3, 0.4) is 0 Å². The van der Waals surface area contributed by atoms with Crippen LogP contribution in [0.15, 0.2) is 18.2 Å². The van der Waals surface area contributed by atoms with E-state index in [1.54, 1.807) is 0 Å². The van der Waals surface area contributed by atoms with Crippen LogP contribution in [0.4, 0.5) is 0 Å². The van der Waals surface area contributed by atoms with Crippen LogP contribution in [0.5, 0.6) is 0 Å². The van der Waals surface area contributed by atoms with Crippen molar-refractivity contribution < 1.29 is 4.74 Å². The van der Waals surface area contributed by atoms with Gasteiger partial charge in [0.05, 0.1) is 6.10 Å². The molecule has 1 N–H and O–H groups in total. The summed E-state index contributed by atoms with van der Waals surface area (Å²) < 4.78 is 5.76. The first-order valence-electron chi connectivity index (χ1n) is 7.67. The molecule has 2 unspecified atom stereocenters. The van der Waals surface area contributed by atoms with Gasteiger partial charge >= 0.3 is 0 Å². The molecule has 1 saturated carbocycles. The van der Waals surface area contributed by atoms with Crippen molar-refractivity contribution in [3.8, 4) is 0 Å². The third kappa shape index (κ3) is 4.21. The number of rotatable bonds is 8. The molecule has 1 aromatic rings. The second kappa shape index (κ2) is 7.44. The Morgan fingerprint density at radius 2 is 2.15 bits per heavy atom. The van der Waals surface area contributed by atoms with E-state index < -0.39 is 0 Å². The van der Waals surface area contributed by atoms with E-state index in [0.29, 0.717) is 12.1 Å². The zero-order chi connectivity index (χ0) is 14.5. The zero-order valence-corrected chi connectivity index (χ0v) is 13.5. The molecule has 20 heavy (non-hydrogen) atoms. The molecular weight excluding hydrogens is 270 g/mol. The Balaban J connectivity index is 2.09. The molecule has 0 saturated heterocycles. The first kappa shape index (κ1) is 15.8. The first-order chi connectivity index (χ1) is 9.65. The first-order valence-corrected chi connectivity index (χ1v) is 8.04. The second-order valence-electron chi connectivity index (χ2n) is 5.90. The molecule has 0 amide bonds. The summed E-state index contributed by atoms with van der Waals surface area (Å²) in [5.74, 6) is 0.721. The van der Waals surface area contributed by atoms with E-state index in [9.17, 15) is 0 Å². The summed E-state index contributed by atoms with van der Waals surface area (Å²) in [6.07, 6.45) is 4.97. The van der Waals surface area contributed by atoms with Crippen LogP contribution in [-0.4, -0.2) is 25.8 Å². The topological polar surface area (TPSA) is 21.3 Å². The summed E-state index contributed by atoms with van der Waals surface area (Å²) in [6, 6.07) is 6.69. The molecule has 1 fully saturated rings. The lowest BCUT2D eigenvalue weighted by Gasteiger charge is -2.27. The molecule has 1 aliphatic rings. The van der Waals surface area contributed by atoms with Crippen molar-refractivity contribution in [3.63, 3.8) is 0 Å². The van der Waals surface area contributed by atoms with Gasteiger partial charge < -0.3 is 10.1 Å². The molecule has 0 radical (unpaired) electrons. The zero-order valence-electron chi connectivity index (χ0n) is 12.8. The van der Waals surface area contributed by atoms with Gasteiger partial charge in [-0.05, 0) is 62.3 Å². The summed E-state index contributed by atoms with van der Waals surface area (Å²) in [7, 11) is 1.83. The highest BCUT2D eigenvalue weighted by atomic mass is 35.5. The van der Waals surface area contributed by atoms with Gasteiger partial charge in [0, 0.05) is 18.2 Å². The van der Waals surface area contributed by atoms with Crippen molar-refractivity contribution in [1.82, 2.24) is 5.32 Å². The third-order valence-corrected chi connectivity index (χ3v) is 4.41. The number of hydrogen-bond acceptors (Lipinski definition) is 2. The Morgan fingerprint density at radius 3 is 2.70 bits per heavy atom. The number of halogens is 1. The van der Waals surface area contributed by atoms with Crippen molar-refractivity contribution in [1.29, 1.82) is 0 Å². The van der Waals surface area contributed by atoms with Crippen molar-refractivity contribution in [2.75, 3.05) is 13.7 Å². The fourth-order valence-electron chi connectivity index (χ4n) is 2.80. The van der Waals surface area contributed by atoms with Gasteiger partial charge in [-0.3, -0.25) is 0 Å². The lowest BCUT2D eigenvalue weighted by molar-refractivity contribution is 0.0511. The third-order valence-electron chi connectivity index (χ3n) is 4.06. The van der Waals surface area contributed by atoms with Crippen LogP contribution in [0, 0.1) is 12.8 Å². The van der Waals surface area contributed by atoms with Crippen LogP contribution in [0.2, 0.25) is 5.02 Å². The largest absolute Gasteiger partial charge is 0.380 e. The van der Waals surface area contributed by atoms with E-state index in [-0.39, 0.29) is 0 Å². The van der Waals surface area contributed by atoms with Crippen LogP contribution in [0.1, 0.15) is 37.3 Å². The number of methoxy groups -OCH3 is 1. The fourth-order valence-corrected chi connectivity index (χ4v) is 3.11. The molecular formula is C17H26ClNO. The summed E-state index contributed by atoms with van der Waals surface area (Å²) in [5, 5.41) is 4.52. The highest BCUT2D eigenvalue weighted by Crippen LogP contribution is 2.36. The second-order valence-corrected chi connectivity index (χ2v) is 6.30. The van der Waals surface area contributed by atoms with Crippen LogP contribution >= 0.6 is 11.6 Å². The van der Waals surface area contributed by atoms with Crippen molar-refractivity contribution in [2.45, 2.75) is 51.7 Å². The van der Waals surface area contributed by atoms with E-state index in [4.69, 9.17) is 16.3 Å². The average Bonchev–Trinajstić information content (AvgIpc) is 3.24.